The van der Waals surface area contributed by atoms with Crippen molar-refractivity contribution in [2.45, 2.75) is 44.4 Å². The number of nitrogens with zero attached hydrogens (tertiary/aromatic N) is 3. The molecule has 36 heavy (non-hydrogen) atoms. The Morgan fingerprint density at radius 3 is 2.53 bits per heavy atom. The Labute approximate surface area is 211 Å². The van der Waals surface area contributed by atoms with Crippen LogP contribution < -0.4 is 16.0 Å². The third-order valence-electron chi connectivity index (χ3n) is 6.10. The molecule has 1 aliphatic rings. The zero-order chi connectivity index (χ0) is 25.7. The summed E-state index contributed by atoms with van der Waals surface area (Å²) < 4.78 is 40.1. The maximum Gasteiger partial charge on any atom is 0.416 e. The first-order valence-corrected chi connectivity index (χ1v) is 12.0. The van der Waals surface area contributed by atoms with Crippen molar-refractivity contribution in [2.24, 2.45) is 5.92 Å². The van der Waals surface area contributed by atoms with Crippen LogP contribution in [0.3, 0.4) is 0 Å². The van der Waals surface area contributed by atoms with E-state index in [9.17, 15) is 18.0 Å². The number of carbonyl (C=O) groups excluding carboxylic acids is 1. The summed E-state index contributed by atoms with van der Waals surface area (Å²) in [6, 6.07) is 13.0. The predicted octanol–water partition coefficient (Wildman–Crippen LogP) is 5.54. The Balaban J connectivity index is 1.41. The van der Waals surface area contributed by atoms with E-state index in [-0.39, 0.29) is 35.0 Å². The molecule has 2 unspecified atom stereocenters. The Morgan fingerprint density at radius 1 is 1.06 bits per heavy atom. The number of aromatic nitrogens is 3. The number of benzene rings is 2. The first-order valence-electron chi connectivity index (χ1n) is 11.6. The number of hydrogen-bond donors (Lipinski definition) is 3. The van der Waals surface area contributed by atoms with Gasteiger partial charge < -0.3 is 16.0 Å². The number of rotatable bonds is 7. The minimum atomic E-state index is -4.56. The first-order chi connectivity index (χ1) is 17.2. The fourth-order valence-corrected chi connectivity index (χ4v) is 4.48. The van der Waals surface area contributed by atoms with E-state index < -0.39 is 11.7 Å². The summed E-state index contributed by atoms with van der Waals surface area (Å²) >= 11 is 5.74. The second kappa shape index (κ2) is 11.1. The highest BCUT2D eigenvalue weighted by molar-refractivity contribution is 6.30. The van der Waals surface area contributed by atoms with E-state index in [4.69, 9.17) is 11.6 Å². The summed E-state index contributed by atoms with van der Waals surface area (Å²) in [7, 11) is 1.72. The van der Waals surface area contributed by atoms with Crippen LogP contribution in [0.5, 0.6) is 0 Å². The standard InChI is InChI=1S/C25H26ClF3N6O/c1-30-23-33-21(15-6-3-2-4-7-15)34-24(35-23)32-19-9-5-8-16(12-19)22(36)31-14-17-10-11-18(26)13-20(17)25(27,28)29/h2-4,6-7,10-11,13,16,19H,5,8-9,12,14H2,1H3,(H,31,36)(H2,30,32,33,34,35). The van der Waals surface area contributed by atoms with Gasteiger partial charge in [0.15, 0.2) is 5.82 Å². The van der Waals surface area contributed by atoms with Crippen molar-refractivity contribution in [1.29, 1.82) is 0 Å². The van der Waals surface area contributed by atoms with Crippen molar-refractivity contribution >= 4 is 29.4 Å². The normalized spacial score (nSPS) is 17.9. The summed E-state index contributed by atoms with van der Waals surface area (Å²) in [5.74, 6) is 0.722. The van der Waals surface area contributed by atoms with Gasteiger partial charge in [0.2, 0.25) is 17.8 Å². The number of carbonyl (C=O) groups is 1. The van der Waals surface area contributed by atoms with Gasteiger partial charge >= 0.3 is 6.18 Å². The van der Waals surface area contributed by atoms with Gasteiger partial charge in [-0.2, -0.15) is 28.1 Å². The third kappa shape index (κ3) is 6.42. The van der Waals surface area contributed by atoms with Crippen LogP contribution in [0.1, 0.15) is 36.8 Å². The molecule has 0 saturated heterocycles. The molecule has 4 rings (SSSR count). The molecule has 0 aliphatic heterocycles. The van der Waals surface area contributed by atoms with E-state index in [1.807, 2.05) is 30.3 Å². The maximum absolute atomic E-state index is 13.4. The van der Waals surface area contributed by atoms with E-state index in [2.05, 4.69) is 30.9 Å². The van der Waals surface area contributed by atoms with E-state index >= 15 is 0 Å². The third-order valence-corrected chi connectivity index (χ3v) is 6.33. The van der Waals surface area contributed by atoms with Crippen LogP contribution in [0.2, 0.25) is 5.02 Å². The van der Waals surface area contributed by atoms with Gasteiger partial charge in [-0.1, -0.05) is 54.4 Å². The molecule has 1 amide bonds. The predicted molar refractivity (Wildman–Crippen MR) is 132 cm³/mol. The maximum atomic E-state index is 13.4. The minimum Gasteiger partial charge on any atom is -0.357 e. The lowest BCUT2D eigenvalue weighted by Gasteiger charge is -2.29. The first kappa shape index (κ1) is 25.7. The summed E-state index contributed by atoms with van der Waals surface area (Å²) in [6.45, 7) is -0.223. The largest absolute Gasteiger partial charge is 0.416 e. The molecule has 0 spiro atoms. The summed E-state index contributed by atoms with van der Waals surface area (Å²) in [4.78, 5) is 26.2. The van der Waals surface area contributed by atoms with Gasteiger partial charge in [-0.25, -0.2) is 0 Å². The van der Waals surface area contributed by atoms with Gasteiger partial charge in [-0.15, -0.1) is 0 Å². The van der Waals surface area contributed by atoms with Crippen molar-refractivity contribution in [2.75, 3.05) is 17.7 Å². The molecule has 1 heterocycles. The second-order valence-electron chi connectivity index (χ2n) is 8.64. The highest BCUT2D eigenvalue weighted by Gasteiger charge is 2.34. The Bertz CT molecular complexity index is 1210. The monoisotopic (exact) mass is 518 g/mol. The minimum absolute atomic E-state index is 0.00576. The van der Waals surface area contributed by atoms with Crippen LogP contribution in [-0.4, -0.2) is 33.9 Å². The van der Waals surface area contributed by atoms with Gasteiger partial charge in [0.1, 0.15) is 0 Å². The SMILES string of the molecule is CNc1nc(NC2CCCC(C(=O)NCc3ccc(Cl)cc3C(F)(F)F)C2)nc(-c2ccccc2)n1. The Morgan fingerprint density at radius 2 is 1.81 bits per heavy atom. The van der Waals surface area contributed by atoms with Crippen molar-refractivity contribution < 1.29 is 18.0 Å². The van der Waals surface area contributed by atoms with Crippen molar-refractivity contribution in [3.8, 4) is 11.4 Å². The Hall–Kier alpha value is -3.40. The second-order valence-corrected chi connectivity index (χ2v) is 9.08. The quantitative estimate of drug-likeness (QED) is 0.380. The smallest absolute Gasteiger partial charge is 0.357 e. The molecule has 3 aromatic rings. The number of alkyl halides is 3. The van der Waals surface area contributed by atoms with E-state index in [0.29, 0.717) is 30.6 Å². The van der Waals surface area contributed by atoms with E-state index in [0.717, 1.165) is 24.5 Å². The average molecular weight is 519 g/mol. The fraction of sp³-hybridized carbons (Fsp3) is 0.360. The molecule has 1 fully saturated rings. The molecular weight excluding hydrogens is 493 g/mol. The average Bonchev–Trinajstić information content (AvgIpc) is 2.87. The number of halogens is 4. The molecule has 11 heteroatoms. The molecule has 0 radical (unpaired) electrons. The molecule has 1 aromatic heterocycles. The molecule has 1 saturated carbocycles. The summed E-state index contributed by atoms with van der Waals surface area (Å²) in [5, 5.41) is 8.92. The number of amides is 1. The van der Waals surface area contributed by atoms with Crippen LogP contribution >= 0.6 is 11.6 Å². The number of nitrogens with one attached hydrogen (secondary N) is 3. The molecule has 2 aromatic carbocycles. The molecule has 7 nitrogen and oxygen atoms in total. The van der Waals surface area contributed by atoms with Gasteiger partial charge in [-0.05, 0) is 37.0 Å². The molecule has 3 N–H and O–H groups in total. The van der Waals surface area contributed by atoms with Crippen LogP contribution in [0.25, 0.3) is 11.4 Å². The van der Waals surface area contributed by atoms with E-state index in [1.165, 1.54) is 12.1 Å². The zero-order valence-electron chi connectivity index (χ0n) is 19.6. The van der Waals surface area contributed by atoms with E-state index in [1.54, 1.807) is 7.05 Å². The van der Waals surface area contributed by atoms with Crippen LogP contribution in [0.4, 0.5) is 25.1 Å². The lowest BCUT2D eigenvalue weighted by molar-refractivity contribution is -0.138. The van der Waals surface area contributed by atoms with Gasteiger partial charge in [0.25, 0.3) is 0 Å². The zero-order valence-corrected chi connectivity index (χ0v) is 20.3. The number of hydrogen-bond acceptors (Lipinski definition) is 6. The van der Waals surface area contributed by atoms with Gasteiger partial charge in [0.05, 0.1) is 5.56 Å². The van der Waals surface area contributed by atoms with Crippen LogP contribution in [-0.2, 0) is 17.5 Å². The van der Waals surface area contributed by atoms with Gasteiger partial charge in [0, 0.05) is 36.1 Å². The highest BCUT2D eigenvalue weighted by atomic mass is 35.5. The van der Waals surface area contributed by atoms with Crippen molar-refractivity contribution in [1.82, 2.24) is 20.3 Å². The van der Waals surface area contributed by atoms with Crippen LogP contribution in [0.15, 0.2) is 48.5 Å². The molecule has 0 bridgehead atoms. The van der Waals surface area contributed by atoms with Gasteiger partial charge in [-0.3, -0.25) is 4.79 Å². The van der Waals surface area contributed by atoms with Crippen LogP contribution in [0, 0.1) is 5.92 Å². The lowest BCUT2D eigenvalue weighted by atomic mass is 9.85. The number of anilines is 2. The summed E-state index contributed by atoms with van der Waals surface area (Å²) in [6.07, 6.45) is -1.77. The fourth-order valence-electron chi connectivity index (χ4n) is 4.30. The molecular formula is C25H26ClF3N6O. The van der Waals surface area contributed by atoms with Crippen molar-refractivity contribution in [3.05, 3.63) is 64.7 Å². The molecule has 2 atom stereocenters. The summed E-state index contributed by atoms with van der Waals surface area (Å²) in [5.41, 5.74) is -0.0207. The van der Waals surface area contributed by atoms with Crippen molar-refractivity contribution in [3.63, 3.8) is 0 Å². The molecule has 1 aliphatic carbocycles. The Kier molecular flexibility index (Phi) is 7.93. The topological polar surface area (TPSA) is 91.8 Å². The lowest BCUT2D eigenvalue weighted by Crippen LogP contribution is -2.37. The molecule has 190 valence electrons. The highest BCUT2D eigenvalue weighted by Crippen LogP contribution is 2.34.